The minimum absolute atomic E-state index is 0.830. The smallest absolute Gasteiger partial charge is 0.138 e. The van der Waals surface area contributed by atoms with Crippen molar-refractivity contribution in [1.82, 2.24) is 10.3 Å². The summed E-state index contributed by atoms with van der Waals surface area (Å²) in [5, 5.41) is 3.26. The molecule has 0 aliphatic heterocycles. The SMILES string of the molecule is CCN(c1ccc(C)cc1)c1nc(C)cc(C)c1CNC. The quantitative estimate of drug-likeness (QED) is 0.902. The maximum Gasteiger partial charge on any atom is 0.138 e. The van der Waals surface area contributed by atoms with Crippen LogP contribution in [0.1, 0.15) is 29.3 Å². The Morgan fingerprint density at radius 1 is 1.10 bits per heavy atom. The Kier molecular flexibility index (Phi) is 4.97. The van der Waals surface area contributed by atoms with Gasteiger partial charge in [0, 0.05) is 30.0 Å². The van der Waals surface area contributed by atoms with Crippen LogP contribution in [0.2, 0.25) is 0 Å². The van der Waals surface area contributed by atoms with Gasteiger partial charge in [-0.3, -0.25) is 0 Å². The lowest BCUT2D eigenvalue weighted by atomic mass is 10.1. The molecule has 112 valence electrons. The summed E-state index contributed by atoms with van der Waals surface area (Å²) in [6, 6.07) is 10.8. The van der Waals surface area contributed by atoms with E-state index in [0.717, 1.165) is 24.6 Å². The predicted molar refractivity (Wildman–Crippen MR) is 90.3 cm³/mol. The topological polar surface area (TPSA) is 28.2 Å². The van der Waals surface area contributed by atoms with Gasteiger partial charge in [0.2, 0.25) is 0 Å². The second-order valence-corrected chi connectivity index (χ2v) is 5.49. The molecule has 0 aliphatic rings. The minimum Gasteiger partial charge on any atom is -0.326 e. The van der Waals surface area contributed by atoms with E-state index >= 15 is 0 Å². The highest BCUT2D eigenvalue weighted by molar-refractivity contribution is 5.64. The molecule has 0 atom stereocenters. The van der Waals surface area contributed by atoms with Crippen molar-refractivity contribution in [3.05, 3.63) is 52.7 Å². The van der Waals surface area contributed by atoms with E-state index in [-0.39, 0.29) is 0 Å². The second-order valence-electron chi connectivity index (χ2n) is 5.49. The molecule has 3 heteroatoms. The molecule has 2 rings (SSSR count). The third-order valence-corrected chi connectivity index (χ3v) is 3.72. The van der Waals surface area contributed by atoms with E-state index in [9.17, 15) is 0 Å². The summed E-state index contributed by atoms with van der Waals surface area (Å²) >= 11 is 0. The molecule has 0 saturated carbocycles. The van der Waals surface area contributed by atoms with Crippen molar-refractivity contribution < 1.29 is 0 Å². The molecular formula is C18H25N3. The maximum absolute atomic E-state index is 4.81. The molecule has 0 radical (unpaired) electrons. The van der Waals surface area contributed by atoms with E-state index in [2.05, 4.69) is 68.2 Å². The zero-order chi connectivity index (χ0) is 15.4. The van der Waals surface area contributed by atoms with Gasteiger partial charge in [-0.25, -0.2) is 4.98 Å². The van der Waals surface area contributed by atoms with Gasteiger partial charge in [-0.05, 0) is 58.5 Å². The largest absolute Gasteiger partial charge is 0.326 e. The van der Waals surface area contributed by atoms with E-state index < -0.39 is 0 Å². The first-order chi connectivity index (χ1) is 10.1. The second kappa shape index (κ2) is 6.72. The highest BCUT2D eigenvalue weighted by Gasteiger charge is 2.15. The summed E-state index contributed by atoms with van der Waals surface area (Å²) in [6.45, 7) is 10.2. The number of pyridine rings is 1. The monoisotopic (exact) mass is 283 g/mol. The number of hydrogen-bond acceptors (Lipinski definition) is 3. The van der Waals surface area contributed by atoms with Crippen LogP contribution >= 0.6 is 0 Å². The number of nitrogens with one attached hydrogen (secondary N) is 1. The summed E-state index contributed by atoms with van der Waals surface area (Å²) < 4.78 is 0. The van der Waals surface area contributed by atoms with Gasteiger partial charge in [-0.2, -0.15) is 0 Å². The summed E-state index contributed by atoms with van der Waals surface area (Å²) in [5.41, 5.74) is 6.09. The van der Waals surface area contributed by atoms with Crippen LogP contribution in [0.3, 0.4) is 0 Å². The van der Waals surface area contributed by atoms with Crippen molar-refractivity contribution in [3.8, 4) is 0 Å². The first kappa shape index (κ1) is 15.5. The molecule has 2 aromatic rings. The highest BCUT2D eigenvalue weighted by atomic mass is 15.2. The molecule has 1 heterocycles. The fraction of sp³-hybridized carbons (Fsp3) is 0.389. The fourth-order valence-electron chi connectivity index (χ4n) is 2.64. The van der Waals surface area contributed by atoms with Crippen molar-refractivity contribution in [3.63, 3.8) is 0 Å². The van der Waals surface area contributed by atoms with Crippen LogP contribution in [0, 0.1) is 20.8 Å². The Bertz CT molecular complexity index is 603. The van der Waals surface area contributed by atoms with Crippen LogP contribution in [0.15, 0.2) is 30.3 Å². The van der Waals surface area contributed by atoms with Gasteiger partial charge in [0.05, 0.1) is 0 Å². The van der Waals surface area contributed by atoms with E-state index in [1.54, 1.807) is 0 Å². The number of nitrogens with zero attached hydrogens (tertiary/aromatic N) is 2. The molecule has 0 unspecified atom stereocenters. The number of aromatic nitrogens is 1. The minimum atomic E-state index is 0.830. The molecule has 0 aliphatic carbocycles. The highest BCUT2D eigenvalue weighted by Crippen LogP contribution is 2.29. The van der Waals surface area contributed by atoms with E-state index in [1.807, 2.05) is 7.05 Å². The van der Waals surface area contributed by atoms with Gasteiger partial charge >= 0.3 is 0 Å². The molecule has 3 nitrogen and oxygen atoms in total. The van der Waals surface area contributed by atoms with Crippen LogP contribution in [0.4, 0.5) is 11.5 Å². The fourth-order valence-corrected chi connectivity index (χ4v) is 2.64. The number of anilines is 2. The molecule has 0 fully saturated rings. The number of aryl methyl sites for hydroxylation is 3. The van der Waals surface area contributed by atoms with Crippen LogP contribution in [0.25, 0.3) is 0 Å². The number of benzene rings is 1. The maximum atomic E-state index is 4.81. The normalized spacial score (nSPS) is 10.7. The zero-order valence-corrected chi connectivity index (χ0v) is 13.7. The Morgan fingerprint density at radius 2 is 1.76 bits per heavy atom. The molecule has 0 saturated heterocycles. The third-order valence-electron chi connectivity index (χ3n) is 3.72. The average molecular weight is 283 g/mol. The summed E-state index contributed by atoms with van der Waals surface area (Å²) in [4.78, 5) is 7.09. The van der Waals surface area contributed by atoms with Crippen molar-refractivity contribution in [2.75, 3.05) is 18.5 Å². The van der Waals surface area contributed by atoms with Crippen LogP contribution in [0.5, 0.6) is 0 Å². The number of rotatable bonds is 5. The average Bonchev–Trinajstić information content (AvgIpc) is 2.45. The van der Waals surface area contributed by atoms with Crippen LogP contribution < -0.4 is 10.2 Å². The molecule has 0 bridgehead atoms. The van der Waals surface area contributed by atoms with Gasteiger partial charge in [-0.1, -0.05) is 17.7 Å². The first-order valence-corrected chi connectivity index (χ1v) is 7.52. The molecular weight excluding hydrogens is 258 g/mol. The lowest BCUT2D eigenvalue weighted by molar-refractivity contribution is 0.797. The Labute approximate surface area is 128 Å². The lowest BCUT2D eigenvalue weighted by Gasteiger charge is -2.26. The molecule has 0 amide bonds. The van der Waals surface area contributed by atoms with Crippen LogP contribution in [-0.2, 0) is 6.54 Å². The van der Waals surface area contributed by atoms with Crippen molar-refractivity contribution in [1.29, 1.82) is 0 Å². The summed E-state index contributed by atoms with van der Waals surface area (Å²) in [5.74, 6) is 1.06. The summed E-state index contributed by atoms with van der Waals surface area (Å²) in [6.07, 6.45) is 0. The van der Waals surface area contributed by atoms with Gasteiger partial charge in [0.25, 0.3) is 0 Å². The van der Waals surface area contributed by atoms with E-state index in [4.69, 9.17) is 4.98 Å². The molecule has 1 aromatic heterocycles. The predicted octanol–water partition coefficient (Wildman–Crippen LogP) is 3.88. The van der Waals surface area contributed by atoms with Gasteiger partial charge in [0.15, 0.2) is 0 Å². The Hall–Kier alpha value is -1.87. The first-order valence-electron chi connectivity index (χ1n) is 7.52. The van der Waals surface area contributed by atoms with Crippen molar-refractivity contribution >= 4 is 11.5 Å². The lowest BCUT2D eigenvalue weighted by Crippen LogP contribution is -2.22. The van der Waals surface area contributed by atoms with Gasteiger partial charge in [0.1, 0.15) is 5.82 Å². The summed E-state index contributed by atoms with van der Waals surface area (Å²) in [7, 11) is 1.98. The van der Waals surface area contributed by atoms with Crippen molar-refractivity contribution in [2.24, 2.45) is 0 Å². The van der Waals surface area contributed by atoms with Gasteiger partial charge < -0.3 is 10.2 Å². The van der Waals surface area contributed by atoms with Gasteiger partial charge in [-0.15, -0.1) is 0 Å². The third kappa shape index (κ3) is 3.42. The van der Waals surface area contributed by atoms with Crippen molar-refractivity contribution in [2.45, 2.75) is 34.2 Å². The van der Waals surface area contributed by atoms with Crippen LogP contribution in [-0.4, -0.2) is 18.6 Å². The Morgan fingerprint density at radius 3 is 2.33 bits per heavy atom. The van der Waals surface area contributed by atoms with E-state index in [1.165, 1.54) is 22.4 Å². The standard InChI is InChI=1S/C18H25N3/c1-6-21(16-9-7-13(2)8-10-16)18-17(12-19-5)14(3)11-15(4)20-18/h7-11,19H,6,12H2,1-5H3. The molecule has 1 N–H and O–H groups in total. The Balaban J connectivity index is 2.53. The molecule has 1 aromatic carbocycles. The zero-order valence-electron chi connectivity index (χ0n) is 13.7. The molecule has 21 heavy (non-hydrogen) atoms. The number of hydrogen-bond donors (Lipinski definition) is 1. The molecule has 0 spiro atoms. The van der Waals surface area contributed by atoms with E-state index in [0.29, 0.717) is 0 Å².